The Morgan fingerprint density at radius 2 is 1.97 bits per heavy atom. The number of nitrogens with zero attached hydrogens (tertiary/aromatic N) is 4. The van der Waals surface area contributed by atoms with Gasteiger partial charge in [-0.05, 0) is 49.2 Å². The minimum absolute atomic E-state index is 0.114. The molecular weight excluding hydrogens is 407 g/mol. The molecule has 7 nitrogen and oxygen atoms in total. The monoisotopic (exact) mass is 428 g/mol. The SMILES string of the molecule is Cc1ccc(CN2CC3(C2)C(c2nc(-c4ccc(F)cc4)no2)CCS3(=O)=O)nc1. The molecule has 3 aromatic rings. The molecule has 0 radical (unpaired) electrons. The fourth-order valence-electron chi connectivity index (χ4n) is 4.46. The summed E-state index contributed by atoms with van der Waals surface area (Å²) < 4.78 is 43.6. The highest BCUT2D eigenvalue weighted by atomic mass is 32.2. The third-order valence-corrected chi connectivity index (χ3v) is 8.67. The summed E-state index contributed by atoms with van der Waals surface area (Å²) in [6, 6.07) is 9.78. The van der Waals surface area contributed by atoms with Gasteiger partial charge < -0.3 is 4.52 Å². The minimum Gasteiger partial charge on any atom is -0.339 e. The Kier molecular flexibility index (Phi) is 4.48. The molecule has 2 saturated heterocycles. The molecule has 0 amide bonds. The maximum atomic E-state index is 13.2. The Balaban J connectivity index is 1.37. The maximum absolute atomic E-state index is 13.2. The molecule has 1 unspecified atom stereocenters. The largest absolute Gasteiger partial charge is 0.339 e. The molecule has 0 aliphatic carbocycles. The first-order chi connectivity index (χ1) is 14.4. The molecule has 156 valence electrons. The van der Waals surface area contributed by atoms with Crippen molar-refractivity contribution in [3.8, 4) is 11.4 Å². The lowest BCUT2D eigenvalue weighted by molar-refractivity contribution is 0.0887. The molecule has 5 rings (SSSR count). The predicted molar refractivity (Wildman–Crippen MR) is 108 cm³/mol. The van der Waals surface area contributed by atoms with E-state index in [1.807, 2.05) is 25.3 Å². The van der Waals surface area contributed by atoms with Gasteiger partial charge in [-0.3, -0.25) is 9.88 Å². The third kappa shape index (κ3) is 3.13. The van der Waals surface area contributed by atoms with E-state index in [0.717, 1.165) is 11.3 Å². The first kappa shape index (κ1) is 19.3. The highest BCUT2D eigenvalue weighted by molar-refractivity contribution is 7.93. The molecule has 4 heterocycles. The van der Waals surface area contributed by atoms with Gasteiger partial charge in [0.2, 0.25) is 11.7 Å². The van der Waals surface area contributed by atoms with Crippen LogP contribution in [-0.4, -0.2) is 52.0 Å². The summed E-state index contributed by atoms with van der Waals surface area (Å²) in [5, 5.41) is 4.00. The zero-order valence-corrected chi connectivity index (χ0v) is 17.3. The van der Waals surface area contributed by atoms with Crippen molar-refractivity contribution in [2.75, 3.05) is 18.8 Å². The Labute approximate surface area is 173 Å². The van der Waals surface area contributed by atoms with E-state index >= 15 is 0 Å². The smallest absolute Gasteiger partial charge is 0.231 e. The predicted octanol–water partition coefficient (Wildman–Crippen LogP) is 2.74. The Bertz CT molecular complexity index is 1170. The number of hydrogen-bond donors (Lipinski definition) is 0. The van der Waals surface area contributed by atoms with Crippen LogP contribution in [0, 0.1) is 12.7 Å². The van der Waals surface area contributed by atoms with Gasteiger partial charge in [0, 0.05) is 31.4 Å². The van der Waals surface area contributed by atoms with E-state index in [4.69, 9.17) is 4.52 Å². The van der Waals surface area contributed by atoms with Gasteiger partial charge in [0.25, 0.3) is 0 Å². The molecule has 1 spiro atoms. The Morgan fingerprint density at radius 3 is 2.67 bits per heavy atom. The molecule has 1 aromatic carbocycles. The maximum Gasteiger partial charge on any atom is 0.231 e. The zero-order chi connectivity index (χ0) is 20.9. The second-order valence-corrected chi connectivity index (χ2v) is 10.6. The molecule has 0 N–H and O–H groups in total. The lowest BCUT2D eigenvalue weighted by Gasteiger charge is -2.49. The van der Waals surface area contributed by atoms with Gasteiger partial charge in [-0.15, -0.1) is 0 Å². The average Bonchev–Trinajstić information content (AvgIpc) is 3.27. The van der Waals surface area contributed by atoms with Crippen LogP contribution in [0.2, 0.25) is 0 Å². The van der Waals surface area contributed by atoms with Crippen molar-refractivity contribution in [2.24, 2.45) is 0 Å². The van der Waals surface area contributed by atoms with Gasteiger partial charge >= 0.3 is 0 Å². The average molecular weight is 428 g/mol. The second kappa shape index (κ2) is 6.95. The fourth-order valence-corrected chi connectivity index (χ4v) is 6.82. The molecule has 30 heavy (non-hydrogen) atoms. The van der Waals surface area contributed by atoms with Crippen LogP contribution in [0.3, 0.4) is 0 Å². The Hall–Kier alpha value is -2.65. The molecular formula is C21H21FN4O3S. The minimum atomic E-state index is -3.28. The topological polar surface area (TPSA) is 89.2 Å². The van der Waals surface area contributed by atoms with E-state index in [1.54, 1.807) is 12.1 Å². The first-order valence-corrected chi connectivity index (χ1v) is 11.5. The van der Waals surface area contributed by atoms with E-state index < -0.39 is 14.6 Å². The first-order valence-electron chi connectivity index (χ1n) is 9.82. The van der Waals surface area contributed by atoms with Gasteiger partial charge in [0.1, 0.15) is 10.6 Å². The summed E-state index contributed by atoms with van der Waals surface area (Å²) >= 11 is 0. The van der Waals surface area contributed by atoms with Crippen LogP contribution in [0.15, 0.2) is 47.1 Å². The molecule has 2 fully saturated rings. The zero-order valence-electron chi connectivity index (χ0n) is 16.5. The normalized spacial score (nSPS) is 22.3. The van der Waals surface area contributed by atoms with Gasteiger partial charge in [-0.2, -0.15) is 4.98 Å². The Morgan fingerprint density at radius 1 is 1.20 bits per heavy atom. The fraction of sp³-hybridized carbons (Fsp3) is 0.381. The van der Waals surface area contributed by atoms with Crippen LogP contribution in [0.25, 0.3) is 11.4 Å². The van der Waals surface area contributed by atoms with Crippen molar-refractivity contribution in [3.63, 3.8) is 0 Å². The quantitative estimate of drug-likeness (QED) is 0.631. The lowest BCUT2D eigenvalue weighted by atomic mass is 9.83. The van der Waals surface area contributed by atoms with Crippen molar-refractivity contribution < 1.29 is 17.3 Å². The van der Waals surface area contributed by atoms with E-state index in [9.17, 15) is 12.8 Å². The van der Waals surface area contributed by atoms with Crippen molar-refractivity contribution in [2.45, 2.75) is 30.6 Å². The third-order valence-electron chi connectivity index (χ3n) is 6.11. The number of aryl methyl sites for hydroxylation is 1. The van der Waals surface area contributed by atoms with E-state index in [0.29, 0.717) is 43.3 Å². The number of pyridine rings is 1. The number of benzene rings is 1. The highest BCUT2D eigenvalue weighted by Gasteiger charge is 2.63. The lowest BCUT2D eigenvalue weighted by Crippen LogP contribution is -2.65. The van der Waals surface area contributed by atoms with Crippen molar-refractivity contribution >= 4 is 9.84 Å². The highest BCUT2D eigenvalue weighted by Crippen LogP contribution is 2.49. The van der Waals surface area contributed by atoms with Crippen molar-refractivity contribution in [1.82, 2.24) is 20.0 Å². The molecule has 2 aliphatic rings. The van der Waals surface area contributed by atoms with E-state index in [1.165, 1.54) is 12.1 Å². The standard InChI is InChI=1S/C21H21FN4O3S/c1-14-2-7-17(23-10-14)11-26-12-21(13-26)18(8-9-30(21,27)28)20-24-19(25-29-20)15-3-5-16(22)6-4-15/h2-7,10,18H,8-9,11-13H2,1H3. The molecule has 1 atom stereocenters. The van der Waals surface area contributed by atoms with Gasteiger partial charge in [0.15, 0.2) is 9.84 Å². The number of rotatable bonds is 4. The summed E-state index contributed by atoms with van der Waals surface area (Å²) in [5.41, 5.74) is 2.63. The molecule has 2 aromatic heterocycles. The van der Waals surface area contributed by atoms with Gasteiger partial charge in [-0.1, -0.05) is 11.2 Å². The van der Waals surface area contributed by atoms with Crippen molar-refractivity contribution in [3.05, 3.63) is 65.6 Å². The van der Waals surface area contributed by atoms with E-state index in [-0.39, 0.29) is 17.5 Å². The molecule has 0 bridgehead atoms. The summed E-state index contributed by atoms with van der Waals surface area (Å²) in [6.07, 6.45) is 2.28. The van der Waals surface area contributed by atoms with Crippen LogP contribution >= 0.6 is 0 Å². The second-order valence-electron chi connectivity index (χ2n) is 8.16. The molecule has 0 saturated carbocycles. The molecule has 9 heteroatoms. The van der Waals surface area contributed by atoms with Crippen LogP contribution in [0.1, 0.15) is 29.5 Å². The van der Waals surface area contributed by atoms with Crippen LogP contribution < -0.4 is 0 Å². The van der Waals surface area contributed by atoms with Crippen LogP contribution in [0.4, 0.5) is 4.39 Å². The summed E-state index contributed by atoms with van der Waals surface area (Å²) in [5.74, 6) is 0.100. The van der Waals surface area contributed by atoms with Crippen molar-refractivity contribution in [1.29, 1.82) is 0 Å². The number of hydrogen-bond acceptors (Lipinski definition) is 7. The van der Waals surface area contributed by atoms with Gasteiger partial charge in [0.05, 0.1) is 17.4 Å². The summed E-state index contributed by atoms with van der Waals surface area (Å²) in [4.78, 5) is 11.0. The summed E-state index contributed by atoms with van der Waals surface area (Å²) in [6.45, 7) is 3.43. The van der Waals surface area contributed by atoms with E-state index in [2.05, 4.69) is 20.0 Å². The number of aromatic nitrogens is 3. The summed E-state index contributed by atoms with van der Waals surface area (Å²) in [7, 11) is -3.28. The number of likely N-dealkylation sites (tertiary alicyclic amines) is 1. The van der Waals surface area contributed by atoms with Gasteiger partial charge in [-0.25, -0.2) is 12.8 Å². The van der Waals surface area contributed by atoms with Crippen LogP contribution in [0.5, 0.6) is 0 Å². The molecule has 2 aliphatic heterocycles. The van der Waals surface area contributed by atoms with Crippen LogP contribution in [-0.2, 0) is 16.4 Å². The number of halogens is 1. The number of sulfone groups is 1.